The highest BCUT2D eigenvalue weighted by molar-refractivity contribution is 9.08. The minimum Gasteiger partial charge on any atom is -0.322 e. The van der Waals surface area contributed by atoms with Crippen molar-refractivity contribution in [2.45, 2.75) is 5.33 Å². The van der Waals surface area contributed by atoms with Crippen LogP contribution in [0.1, 0.15) is 15.9 Å². The number of alkyl halides is 1. The number of hydrogen-bond acceptors (Lipinski definition) is 2. The van der Waals surface area contributed by atoms with Gasteiger partial charge in [-0.1, -0.05) is 28.1 Å². The van der Waals surface area contributed by atoms with Crippen LogP contribution in [0.15, 0.2) is 71.7 Å². The van der Waals surface area contributed by atoms with E-state index in [0.717, 1.165) is 10.9 Å². The molecule has 1 aromatic heterocycles. The third-order valence-electron chi connectivity index (χ3n) is 3.66. The van der Waals surface area contributed by atoms with Crippen molar-refractivity contribution in [2.75, 3.05) is 5.32 Å². The molecular weight excluding hydrogens is 387 g/mol. The molecule has 0 aliphatic heterocycles. The van der Waals surface area contributed by atoms with Gasteiger partial charge in [0.1, 0.15) is 11.4 Å². The number of anilines is 1. The molecule has 0 aliphatic rings. The average Bonchev–Trinajstić information content (AvgIpc) is 2.63. The quantitative estimate of drug-likeness (QED) is 0.669. The molecule has 0 unspecified atom stereocenters. The van der Waals surface area contributed by atoms with Crippen molar-refractivity contribution < 1.29 is 9.18 Å². The maximum atomic E-state index is 13.1. The number of carbonyl (C=O) groups is 1. The number of benzene rings is 2. The molecule has 0 bridgehead atoms. The minimum absolute atomic E-state index is 0.0105. The monoisotopic (exact) mass is 400 g/mol. The van der Waals surface area contributed by atoms with Crippen molar-refractivity contribution in [2.24, 2.45) is 0 Å². The van der Waals surface area contributed by atoms with Crippen molar-refractivity contribution in [3.63, 3.8) is 0 Å². The van der Waals surface area contributed by atoms with Crippen molar-refractivity contribution in [1.82, 2.24) is 4.57 Å². The lowest BCUT2D eigenvalue weighted by Gasteiger charge is -2.09. The Bertz CT molecular complexity index is 950. The first-order valence-electron chi connectivity index (χ1n) is 7.52. The van der Waals surface area contributed by atoms with Gasteiger partial charge in [-0.3, -0.25) is 14.2 Å². The minimum atomic E-state index is -0.493. The van der Waals surface area contributed by atoms with E-state index in [-0.39, 0.29) is 5.56 Å². The zero-order valence-electron chi connectivity index (χ0n) is 13.1. The number of pyridine rings is 1. The molecule has 6 heteroatoms. The van der Waals surface area contributed by atoms with E-state index in [0.29, 0.717) is 11.4 Å². The predicted octanol–water partition coefficient (Wildman–Crippen LogP) is 4.12. The van der Waals surface area contributed by atoms with E-state index in [1.165, 1.54) is 41.1 Å². The molecule has 0 atom stereocenters. The molecule has 3 aromatic rings. The van der Waals surface area contributed by atoms with Gasteiger partial charge in [-0.2, -0.15) is 0 Å². The number of nitrogens with zero attached hydrogens (tertiary/aromatic N) is 1. The summed E-state index contributed by atoms with van der Waals surface area (Å²) in [6.07, 6.45) is 1.54. The van der Waals surface area contributed by atoms with Crippen molar-refractivity contribution in [3.8, 4) is 5.69 Å². The number of aromatic nitrogens is 1. The SMILES string of the molecule is O=C(Nc1ccc(CBr)cc1)c1cccn(-c2ccc(F)cc2)c1=O. The normalized spacial score (nSPS) is 10.5. The van der Waals surface area contributed by atoms with Gasteiger partial charge >= 0.3 is 0 Å². The second-order valence-corrected chi connectivity index (χ2v) is 5.92. The number of hydrogen-bond donors (Lipinski definition) is 1. The van der Waals surface area contributed by atoms with Gasteiger partial charge in [0.25, 0.3) is 11.5 Å². The molecule has 0 radical (unpaired) electrons. The number of amides is 1. The van der Waals surface area contributed by atoms with Gasteiger partial charge in [-0.25, -0.2) is 4.39 Å². The Morgan fingerprint density at radius 2 is 1.72 bits per heavy atom. The van der Waals surface area contributed by atoms with Gasteiger partial charge in [0, 0.05) is 22.9 Å². The molecular formula is C19H14BrFN2O2. The van der Waals surface area contributed by atoms with Crippen molar-refractivity contribution in [3.05, 3.63) is 94.2 Å². The van der Waals surface area contributed by atoms with Gasteiger partial charge < -0.3 is 5.32 Å². The summed E-state index contributed by atoms with van der Waals surface area (Å²) in [6, 6.07) is 15.9. The van der Waals surface area contributed by atoms with Crippen molar-refractivity contribution in [1.29, 1.82) is 0 Å². The molecule has 0 aliphatic carbocycles. The topological polar surface area (TPSA) is 51.1 Å². The second-order valence-electron chi connectivity index (χ2n) is 5.36. The molecule has 0 saturated carbocycles. The maximum Gasteiger partial charge on any atom is 0.267 e. The summed E-state index contributed by atoms with van der Waals surface area (Å²) in [5.41, 5.74) is 1.71. The summed E-state index contributed by atoms with van der Waals surface area (Å²) in [7, 11) is 0. The van der Waals surface area contributed by atoms with E-state index in [1.54, 1.807) is 18.2 Å². The molecule has 0 saturated heterocycles. The number of carbonyl (C=O) groups excluding carboxylic acids is 1. The molecule has 1 heterocycles. The molecule has 2 aromatic carbocycles. The molecule has 126 valence electrons. The number of halogens is 2. The fraction of sp³-hybridized carbons (Fsp3) is 0.0526. The lowest BCUT2D eigenvalue weighted by molar-refractivity contribution is 0.102. The summed E-state index contributed by atoms with van der Waals surface area (Å²) in [5.74, 6) is -0.884. The maximum absolute atomic E-state index is 13.1. The highest BCUT2D eigenvalue weighted by atomic mass is 79.9. The van der Waals surface area contributed by atoms with Gasteiger partial charge in [-0.05, 0) is 54.1 Å². The molecule has 1 N–H and O–H groups in total. The van der Waals surface area contributed by atoms with Crippen LogP contribution in [0.25, 0.3) is 5.69 Å². The van der Waals surface area contributed by atoms with Gasteiger partial charge in [0.2, 0.25) is 0 Å². The van der Waals surface area contributed by atoms with Crippen molar-refractivity contribution >= 4 is 27.5 Å². The Hall–Kier alpha value is -2.73. The van der Waals surface area contributed by atoms with Crippen LogP contribution >= 0.6 is 15.9 Å². The fourth-order valence-corrected chi connectivity index (χ4v) is 2.72. The summed E-state index contributed by atoms with van der Waals surface area (Å²) in [4.78, 5) is 25.0. The van der Waals surface area contributed by atoms with Gasteiger partial charge in [0.05, 0.1) is 0 Å². The van der Waals surface area contributed by atoms with Crippen LogP contribution in [0, 0.1) is 5.82 Å². The summed E-state index contributed by atoms with van der Waals surface area (Å²) in [6.45, 7) is 0. The van der Waals surface area contributed by atoms with E-state index in [2.05, 4.69) is 21.2 Å². The lowest BCUT2D eigenvalue weighted by Crippen LogP contribution is -2.27. The zero-order chi connectivity index (χ0) is 17.8. The van der Waals surface area contributed by atoms with Gasteiger partial charge in [0.15, 0.2) is 0 Å². The third-order valence-corrected chi connectivity index (χ3v) is 4.31. The predicted molar refractivity (Wildman–Crippen MR) is 99.0 cm³/mol. The smallest absolute Gasteiger partial charge is 0.267 e. The summed E-state index contributed by atoms with van der Waals surface area (Å²) < 4.78 is 14.4. The standard InChI is InChI=1S/C19H14BrFN2O2/c20-12-13-3-7-15(8-4-13)22-18(24)17-2-1-11-23(19(17)25)16-9-5-14(21)6-10-16/h1-11H,12H2,(H,22,24). The average molecular weight is 401 g/mol. The molecule has 0 fully saturated rings. The van der Waals surface area contributed by atoms with E-state index < -0.39 is 17.3 Å². The number of rotatable bonds is 4. The Balaban J connectivity index is 1.89. The summed E-state index contributed by atoms with van der Waals surface area (Å²) in [5, 5.41) is 3.44. The Labute approximate surface area is 152 Å². The third kappa shape index (κ3) is 3.85. The van der Waals surface area contributed by atoms with Crippen LogP contribution in [0.2, 0.25) is 0 Å². The van der Waals surface area contributed by atoms with E-state index >= 15 is 0 Å². The Morgan fingerprint density at radius 1 is 1.04 bits per heavy atom. The van der Waals surface area contributed by atoms with Gasteiger partial charge in [-0.15, -0.1) is 0 Å². The second kappa shape index (κ2) is 7.44. The molecule has 1 amide bonds. The van der Waals surface area contributed by atoms with E-state index in [4.69, 9.17) is 0 Å². The highest BCUT2D eigenvalue weighted by Crippen LogP contribution is 2.13. The highest BCUT2D eigenvalue weighted by Gasteiger charge is 2.13. The summed E-state index contributed by atoms with van der Waals surface area (Å²) >= 11 is 3.36. The first-order chi connectivity index (χ1) is 12.1. The first-order valence-corrected chi connectivity index (χ1v) is 8.64. The molecule has 4 nitrogen and oxygen atoms in total. The number of nitrogens with one attached hydrogen (secondary N) is 1. The largest absolute Gasteiger partial charge is 0.322 e. The molecule has 25 heavy (non-hydrogen) atoms. The fourth-order valence-electron chi connectivity index (χ4n) is 2.35. The van der Waals surface area contributed by atoms with Crippen LogP contribution in [0.5, 0.6) is 0 Å². The van der Waals surface area contributed by atoms with Crippen LogP contribution < -0.4 is 10.9 Å². The van der Waals surface area contributed by atoms with E-state index in [1.807, 2.05) is 12.1 Å². The van der Waals surface area contributed by atoms with Crippen LogP contribution in [0.4, 0.5) is 10.1 Å². The molecule has 0 spiro atoms. The first kappa shape index (κ1) is 17.1. The van der Waals surface area contributed by atoms with E-state index in [9.17, 15) is 14.0 Å². The van der Waals surface area contributed by atoms with Crippen LogP contribution in [-0.4, -0.2) is 10.5 Å². The Morgan fingerprint density at radius 3 is 2.36 bits per heavy atom. The molecule has 3 rings (SSSR count). The zero-order valence-corrected chi connectivity index (χ0v) is 14.7. The lowest BCUT2D eigenvalue weighted by atomic mass is 10.2. The Kier molecular flexibility index (Phi) is 5.09. The van der Waals surface area contributed by atoms with Crippen LogP contribution in [-0.2, 0) is 5.33 Å². The van der Waals surface area contributed by atoms with Crippen LogP contribution in [0.3, 0.4) is 0 Å².